The van der Waals surface area contributed by atoms with Crippen molar-refractivity contribution >= 4 is 5.91 Å². The fraction of sp³-hybridized carbons (Fsp3) is 0.238. The molecule has 0 N–H and O–H groups in total. The van der Waals surface area contributed by atoms with E-state index in [0.717, 1.165) is 16.9 Å². The van der Waals surface area contributed by atoms with Crippen molar-refractivity contribution in [1.82, 2.24) is 14.7 Å². The Bertz CT molecular complexity index is 847. The van der Waals surface area contributed by atoms with Crippen LogP contribution in [0.2, 0.25) is 0 Å². The van der Waals surface area contributed by atoms with Gasteiger partial charge in [-0.1, -0.05) is 48.0 Å². The molecule has 0 saturated carbocycles. The van der Waals surface area contributed by atoms with Gasteiger partial charge in [-0.15, -0.1) is 0 Å². The van der Waals surface area contributed by atoms with E-state index in [0.29, 0.717) is 18.8 Å². The summed E-state index contributed by atoms with van der Waals surface area (Å²) in [5, 5.41) is 4.72. The summed E-state index contributed by atoms with van der Waals surface area (Å²) in [6.45, 7) is 7.38. The van der Waals surface area contributed by atoms with Crippen LogP contribution >= 0.6 is 0 Å². The molecule has 0 spiro atoms. The van der Waals surface area contributed by atoms with E-state index in [1.54, 1.807) is 4.68 Å². The third kappa shape index (κ3) is 3.48. The van der Waals surface area contributed by atoms with Gasteiger partial charge in [0, 0.05) is 18.7 Å². The summed E-state index contributed by atoms with van der Waals surface area (Å²) < 4.78 is 1.75. The molecule has 0 fully saturated rings. The van der Waals surface area contributed by atoms with Crippen molar-refractivity contribution in [1.29, 1.82) is 0 Å². The molecule has 3 rings (SSSR count). The normalized spacial score (nSPS) is 10.7. The molecule has 0 unspecified atom stereocenters. The lowest BCUT2D eigenvalue weighted by atomic mass is 10.1. The SMILES string of the molecule is CCN(CC)C(=O)c1cc(-c2ccccc2)nn1-c1ccc(C)cc1. The van der Waals surface area contributed by atoms with E-state index in [1.165, 1.54) is 5.56 Å². The number of amides is 1. The van der Waals surface area contributed by atoms with Crippen molar-refractivity contribution in [3.63, 3.8) is 0 Å². The Labute approximate surface area is 148 Å². The van der Waals surface area contributed by atoms with Gasteiger partial charge in [-0.05, 0) is 39.0 Å². The molecule has 0 aliphatic rings. The summed E-state index contributed by atoms with van der Waals surface area (Å²) in [6, 6.07) is 19.9. The molecular weight excluding hydrogens is 310 g/mol. The van der Waals surface area contributed by atoms with Crippen LogP contribution in [0.3, 0.4) is 0 Å². The number of carbonyl (C=O) groups excluding carboxylic acids is 1. The maximum atomic E-state index is 13.0. The Morgan fingerprint density at radius 3 is 2.24 bits per heavy atom. The van der Waals surface area contributed by atoms with E-state index < -0.39 is 0 Å². The largest absolute Gasteiger partial charge is 0.338 e. The zero-order valence-corrected chi connectivity index (χ0v) is 14.9. The van der Waals surface area contributed by atoms with Crippen LogP contribution in [0.1, 0.15) is 29.9 Å². The highest BCUT2D eigenvalue weighted by atomic mass is 16.2. The fourth-order valence-electron chi connectivity index (χ4n) is 2.84. The summed E-state index contributed by atoms with van der Waals surface area (Å²) in [4.78, 5) is 14.8. The van der Waals surface area contributed by atoms with Gasteiger partial charge in [-0.3, -0.25) is 4.79 Å². The van der Waals surface area contributed by atoms with Crippen molar-refractivity contribution in [2.75, 3.05) is 13.1 Å². The van der Waals surface area contributed by atoms with E-state index >= 15 is 0 Å². The van der Waals surface area contributed by atoms with Crippen LogP contribution in [-0.4, -0.2) is 33.7 Å². The van der Waals surface area contributed by atoms with Crippen molar-refractivity contribution < 1.29 is 4.79 Å². The van der Waals surface area contributed by atoms with Crippen molar-refractivity contribution in [2.45, 2.75) is 20.8 Å². The maximum Gasteiger partial charge on any atom is 0.272 e. The van der Waals surface area contributed by atoms with Crippen LogP contribution < -0.4 is 0 Å². The van der Waals surface area contributed by atoms with Gasteiger partial charge in [0.05, 0.1) is 11.4 Å². The van der Waals surface area contributed by atoms with Crippen molar-refractivity contribution in [2.24, 2.45) is 0 Å². The Morgan fingerprint density at radius 2 is 1.64 bits per heavy atom. The molecule has 4 nitrogen and oxygen atoms in total. The monoisotopic (exact) mass is 333 g/mol. The molecule has 0 saturated heterocycles. The highest BCUT2D eigenvalue weighted by molar-refractivity contribution is 5.94. The summed E-state index contributed by atoms with van der Waals surface area (Å²) in [6.07, 6.45) is 0. The molecular formula is C21H23N3O. The van der Waals surface area contributed by atoms with Gasteiger partial charge in [0.15, 0.2) is 0 Å². The van der Waals surface area contributed by atoms with Gasteiger partial charge in [-0.25, -0.2) is 4.68 Å². The quantitative estimate of drug-likeness (QED) is 0.697. The average molecular weight is 333 g/mol. The molecule has 0 bridgehead atoms. The summed E-state index contributed by atoms with van der Waals surface area (Å²) in [5.41, 5.74) is 4.46. The lowest BCUT2D eigenvalue weighted by molar-refractivity contribution is 0.0764. The molecule has 2 aromatic carbocycles. The van der Waals surface area contributed by atoms with Crippen LogP contribution in [-0.2, 0) is 0 Å². The minimum atomic E-state index is 0.000237. The summed E-state index contributed by atoms with van der Waals surface area (Å²) >= 11 is 0. The molecule has 3 aromatic rings. The highest BCUT2D eigenvalue weighted by Gasteiger charge is 2.21. The summed E-state index contributed by atoms with van der Waals surface area (Å²) in [5.74, 6) is 0.000237. The third-order valence-corrected chi connectivity index (χ3v) is 4.33. The fourth-order valence-corrected chi connectivity index (χ4v) is 2.84. The van der Waals surface area contributed by atoms with Crippen LogP contribution in [0.5, 0.6) is 0 Å². The van der Waals surface area contributed by atoms with Crippen LogP contribution in [0.25, 0.3) is 16.9 Å². The minimum Gasteiger partial charge on any atom is -0.338 e. The van der Waals surface area contributed by atoms with Gasteiger partial charge >= 0.3 is 0 Å². The van der Waals surface area contributed by atoms with Crippen molar-refractivity contribution in [3.05, 3.63) is 71.9 Å². The molecule has 0 radical (unpaired) electrons. The Hall–Kier alpha value is -2.88. The average Bonchev–Trinajstić information content (AvgIpc) is 3.09. The number of aryl methyl sites for hydroxylation is 1. The molecule has 1 heterocycles. The molecule has 128 valence electrons. The smallest absolute Gasteiger partial charge is 0.272 e. The summed E-state index contributed by atoms with van der Waals surface area (Å²) in [7, 11) is 0. The zero-order valence-electron chi connectivity index (χ0n) is 14.9. The third-order valence-electron chi connectivity index (χ3n) is 4.33. The second kappa shape index (κ2) is 7.34. The van der Waals surface area contributed by atoms with E-state index in [1.807, 2.05) is 86.3 Å². The predicted molar refractivity (Wildman–Crippen MR) is 101 cm³/mol. The van der Waals surface area contributed by atoms with Crippen LogP contribution in [0, 0.1) is 6.92 Å². The van der Waals surface area contributed by atoms with Gasteiger partial charge < -0.3 is 4.90 Å². The standard InChI is InChI=1S/C21H23N3O/c1-4-23(5-2)21(25)20-15-19(17-9-7-6-8-10-17)22-24(20)18-13-11-16(3)12-14-18/h6-15H,4-5H2,1-3H3. The highest BCUT2D eigenvalue weighted by Crippen LogP contribution is 2.23. The number of carbonyl (C=O) groups is 1. The molecule has 1 amide bonds. The van der Waals surface area contributed by atoms with Crippen LogP contribution in [0.4, 0.5) is 0 Å². The van der Waals surface area contributed by atoms with Crippen LogP contribution in [0.15, 0.2) is 60.7 Å². The predicted octanol–water partition coefficient (Wildman–Crippen LogP) is 4.33. The zero-order chi connectivity index (χ0) is 17.8. The number of aromatic nitrogens is 2. The topological polar surface area (TPSA) is 38.1 Å². The number of hydrogen-bond acceptors (Lipinski definition) is 2. The first-order valence-electron chi connectivity index (χ1n) is 8.65. The minimum absolute atomic E-state index is 0.000237. The second-order valence-electron chi connectivity index (χ2n) is 6.01. The Morgan fingerprint density at radius 1 is 1.00 bits per heavy atom. The van der Waals surface area contributed by atoms with Crippen molar-refractivity contribution in [3.8, 4) is 16.9 Å². The van der Waals surface area contributed by atoms with E-state index in [9.17, 15) is 4.79 Å². The first-order valence-corrected chi connectivity index (χ1v) is 8.65. The van der Waals surface area contributed by atoms with Gasteiger partial charge in [0.2, 0.25) is 0 Å². The first-order chi connectivity index (χ1) is 12.1. The number of rotatable bonds is 5. The molecule has 0 aliphatic carbocycles. The molecule has 0 atom stereocenters. The number of nitrogens with zero attached hydrogens (tertiary/aromatic N) is 3. The van der Waals surface area contributed by atoms with E-state index in [4.69, 9.17) is 5.10 Å². The molecule has 0 aliphatic heterocycles. The second-order valence-corrected chi connectivity index (χ2v) is 6.01. The van der Waals surface area contributed by atoms with Gasteiger partial charge in [-0.2, -0.15) is 5.10 Å². The lowest BCUT2D eigenvalue weighted by Gasteiger charge is -2.19. The maximum absolute atomic E-state index is 13.0. The van der Waals surface area contributed by atoms with E-state index in [2.05, 4.69) is 0 Å². The van der Waals surface area contributed by atoms with Gasteiger partial charge in [0.25, 0.3) is 5.91 Å². The molecule has 4 heteroatoms. The number of benzene rings is 2. The molecule has 1 aromatic heterocycles. The molecule has 25 heavy (non-hydrogen) atoms. The Kier molecular flexibility index (Phi) is 4.98. The Balaban J connectivity index is 2.12. The lowest BCUT2D eigenvalue weighted by Crippen LogP contribution is -2.32. The van der Waals surface area contributed by atoms with E-state index in [-0.39, 0.29) is 5.91 Å². The number of hydrogen-bond donors (Lipinski definition) is 0. The van der Waals surface area contributed by atoms with Gasteiger partial charge in [0.1, 0.15) is 5.69 Å². The first kappa shape index (κ1) is 17.0.